The Morgan fingerprint density at radius 1 is 1.50 bits per heavy atom. The van der Waals surface area contributed by atoms with Crippen LogP contribution in [0.1, 0.15) is 23.6 Å². The lowest BCUT2D eigenvalue weighted by atomic mass is 10.0. The quantitative estimate of drug-likeness (QED) is 0.788. The molecule has 0 radical (unpaired) electrons. The van der Waals surface area contributed by atoms with E-state index in [-0.39, 0.29) is 6.04 Å². The second-order valence-electron chi connectivity index (χ2n) is 3.37. The maximum Gasteiger partial charge on any atom is 0.0457 e. The Kier molecular flexibility index (Phi) is 3.42. The van der Waals surface area contributed by atoms with Crippen LogP contribution in [0.4, 0.5) is 0 Å². The van der Waals surface area contributed by atoms with Crippen LogP contribution in [-0.4, -0.2) is 5.75 Å². The zero-order valence-electron chi connectivity index (χ0n) is 7.59. The largest absolute Gasteiger partial charge is 0.324 e. The highest BCUT2D eigenvalue weighted by Gasteiger charge is 2.20. The highest BCUT2D eigenvalue weighted by Crippen LogP contribution is 2.37. The van der Waals surface area contributed by atoms with Gasteiger partial charge in [0.25, 0.3) is 0 Å². The lowest BCUT2D eigenvalue weighted by Gasteiger charge is -2.15. The van der Waals surface area contributed by atoms with Crippen molar-refractivity contribution < 1.29 is 0 Å². The van der Waals surface area contributed by atoms with Crippen molar-refractivity contribution in [2.45, 2.75) is 18.2 Å². The van der Waals surface area contributed by atoms with E-state index in [1.807, 2.05) is 23.9 Å². The summed E-state index contributed by atoms with van der Waals surface area (Å²) < 4.78 is 1.13. The summed E-state index contributed by atoms with van der Waals surface area (Å²) in [4.78, 5) is 0. The minimum absolute atomic E-state index is 0.0880. The molecule has 2 rings (SSSR count). The van der Waals surface area contributed by atoms with Crippen LogP contribution in [0.2, 0.25) is 5.02 Å². The molecule has 1 aliphatic rings. The molecule has 0 amide bonds. The van der Waals surface area contributed by atoms with Gasteiger partial charge >= 0.3 is 0 Å². The average molecular weight is 293 g/mol. The number of hydrogen-bond acceptors (Lipinski definition) is 2. The van der Waals surface area contributed by atoms with E-state index in [2.05, 4.69) is 15.9 Å². The van der Waals surface area contributed by atoms with Gasteiger partial charge in [-0.2, -0.15) is 11.8 Å². The van der Waals surface area contributed by atoms with Crippen LogP contribution < -0.4 is 5.73 Å². The number of halogens is 2. The van der Waals surface area contributed by atoms with Crippen LogP contribution in [-0.2, 0) is 5.75 Å². The summed E-state index contributed by atoms with van der Waals surface area (Å²) in [5.74, 6) is 2.11. The van der Waals surface area contributed by atoms with E-state index in [1.54, 1.807) is 0 Å². The molecule has 0 saturated carbocycles. The summed E-state index contributed by atoms with van der Waals surface area (Å²) in [6.07, 6.45) is 1.01. The Morgan fingerprint density at radius 3 is 3.07 bits per heavy atom. The normalized spacial score (nSPS) is 21.5. The molecule has 1 atom stereocenters. The van der Waals surface area contributed by atoms with Crippen molar-refractivity contribution in [1.82, 2.24) is 0 Å². The standard InChI is InChI=1S/C10H11BrClNS/c11-7-1-2-8(12)10-6(7)5-14-4-3-9(10)13/h1-2,9H,3-5,13H2/t9-/m1/s1. The molecule has 0 aliphatic carbocycles. The van der Waals surface area contributed by atoms with E-state index in [0.29, 0.717) is 0 Å². The van der Waals surface area contributed by atoms with Gasteiger partial charge in [0.2, 0.25) is 0 Å². The van der Waals surface area contributed by atoms with E-state index in [1.165, 1.54) is 5.56 Å². The molecule has 0 unspecified atom stereocenters. The number of nitrogens with two attached hydrogens (primary N) is 1. The third-order valence-electron chi connectivity index (χ3n) is 2.44. The topological polar surface area (TPSA) is 26.0 Å². The van der Waals surface area contributed by atoms with E-state index in [4.69, 9.17) is 17.3 Å². The van der Waals surface area contributed by atoms with Crippen molar-refractivity contribution >= 4 is 39.3 Å². The predicted molar refractivity (Wildman–Crippen MR) is 66.9 cm³/mol. The third-order valence-corrected chi connectivity index (χ3v) is 4.53. The molecule has 0 bridgehead atoms. The molecule has 1 aliphatic heterocycles. The molecule has 0 aromatic heterocycles. The van der Waals surface area contributed by atoms with Gasteiger partial charge in [-0.3, -0.25) is 0 Å². The molecular weight excluding hydrogens is 282 g/mol. The Balaban J connectivity index is 2.57. The highest BCUT2D eigenvalue weighted by atomic mass is 79.9. The monoisotopic (exact) mass is 291 g/mol. The van der Waals surface area contributed by atoms with Gasteiger partial charge in [0.1, 0.15) is 0 Å². The maximum atomic E-state index is 6.17. The van der Waals surface area contributed by atoms with Gasteiger partial charge in [-0.25, -0.2) is 0 Å². The number of fused-ring (bicyclic) bond motifs is 1. The molecule has 0 spiro atoms. The molecule has 4 heteroatoms. The highest BCUT2D eigenvalue weighted by molar-refractivity contribution is 9.10. The molecule has 14 heavy (non-hydrogen) atoms. The molecule has 1 heterocycles. The van der Waals surface area contributed by atoms with Gasteiger partial charge in [0.15, 0.2) is 0 Å². The molecule has 1 nitrogen and oxygen atoms in total. The summed E-state index contributed by atoms with van der Waals surface area (Å²) in [7, 11) is 0. The summed E-state index contributed by atoms with van der Waals surface area (Å²) in [6.45, 7) is 0. The molecule has 0 saturated heterocycles. The summed E-state index contributed by atoms with van der Waals surface area (Å²) in [5.41, 5.74) is 8.50. The molecular formula is C10H11BrClNS. The van der Waals surface area contributed by atoms with Crippen molar-refractivity contribution in [3.8, 4) is 0 Å². The van der Waals surface area contributed by atoms with Gasteiger partial charge < -0.3 is 5.73 Å². The second-order valence-corrected chi connectivity index (χ2v) is 5.74. The molecule has 1 aromatic carbocycles. The first-order chi connectivity index (χ1) is 6.70. The van der Waals surface area contributed by atoms with Gasteiger partial charge in [-0.1, -0.05) is 27.5 Å². The van der Waals surface area contributed by atoms with Crippen molar-refractivity contribution in [2.75, 3.05) is 5.75 Å². The van der Waals surface area contributed by atoms with E-state index in [0.717, 1.165) is 33.0 Å². The van der Waals surface area contributed by atoms with E-state index < -0.39 is 0 Å². The number of rotatable bonds is 0. The Labute approximate surface area is 102 Å². The van der Waals surface area contributed by atoms with Crippen LogP contribution in [0.15, 0.2) is 16.6 Å². The second kappa shape index (κ2) is 4.44. The molecule has 0 fully saturated rings. The molecule has 2 N–H and O–H groups in total. The SMILES string of the molecule is N[C@@H]1CCSCc2c(Br)ccc(Cl)c21. The maximum absolute atomic E-state index is 6.17. The Bertz CT molecular complexity index is 356. The fraction of sp³-hybridized carbons (Fsp3) is 0.400. The van der Waals surface area contributed by atoms with Crippen molar-refractivity contribution in [2.24, 2.45) is 5.73 Å². The zero-order chi connectivity index (χ0) is 10.1. The summed E-state index contributed by atoms with van der Waals surface area (Å²) in [6, 6.07) is 4.00. The smallest absolute Gasteiger partial charge is 0.0457 e. The first kappa shape index (κ1) is 10.8. The van der Waals surface area contributed by atoms with Crippen LogP contribution in [0.5, 0.6) is 0 Å². The first-order valence-electron chi connectivity index (χ1n) is 4.50. The Morgan fingerprint density at radius 2 is 2.29 bits per heavy atom. The van der Waals surface area contributed by atoms with Crippen molar-refractivity contribution in [1.29, 1.82) is 0 Å². The summed E-state index contributed by atoms with van der Waals surface area (Å²) in [5, 5.41) is 0.804. The van der Waals surface area contributed by atoms with E-state index >= 15 is 0 Å². The van der Waals surface area contributed by atoms with Gasteiger partial charge in [-0.15, -0.1) is 0 Å². The van der Waals surface area contributed by atoms with Crippen LogP contribution in [0.3, 0.4) is 0 Å². The lowest BCUT2D eigenvalue weighted by molar-refractivity contribution is 0.705. The number of hydrogen-bond donors (Lipinski definition) is 1. The average Bonchev–Trinajstić information content (AvgIpc) is 2.35. The summed E-state index contributed by atoms with van der Waals surface area (Å²) >= 11 is 11.6. The molecule has 1 aromatic rings. The van der Waals surface area contributed by atoms with Crippen LogP contribution in [0, 0.1) is 0 Å². The number of benzene rings is 1. The van der Waals surface area contributed by atoms with Crippen LogP contribution >= 0.6 is 39.3 Å². The fourth-order valence-electron chi connectivity index (χ4n) is 1.69. The van der Waals surface area contributed by atoms with Gasteiger partial charge in [-0.05, 0) is 35.4 Å². The van der Waals surface area contributed by atoms with Crippen molar-refractivity contribution in [3.63, 3.8) is 0 Å². The van der Waals surface area contributed by atoms with Gasteiger partial charge in [0, 0.05) is 21.3 Å². The van der Waals surface area contributed by atoms with Crippen molar-refractivity contribution in [3.05, 3.63) is 32.8 Å². The predicted octanol–water partition coefficient (Wildman–Crippen LogP) is 3.74. The fourth-order valence-corrected chi connectivity index (χ4v) is 3.75. The minimum atomic E-state index is 0.0880. The minimum Gasteiger partial charge on any atom is -0.324 e. The zero-order valence-corrected chi connectivity index (χ0v) is 10.8. The van der Waals surface area contributed by atoms with E-state index in [9.17, 15) is 0 Å². The lowest BCUT2D eigenvalue weighted by Crippen LogP contribution is -2.12. The van der Waals surface area contributed by atoms with Gasteiger partial charge in [0.05, 0.1) is 0 Å². The van der Waals surface area contributed by atoms with Crippen LogP contribution in [0.25, 0.3) is 0 Å². The third kappa shape index (κ3) is 1.96. The molecule has 76 valence electrons. The number of thioether (sulfide) groups is 1. The first-order valence-corrected chi connectivity index (χ1v) is 6.83. The Hall–Kier alpha value is 0.300.